The van der Waals surface area contributed by atoms with Gasteiger partial charge in [-0.1, -0.05) is 11.6 Å². The van der Waals surface area contributed by atoms with Crippen molar-refractivity contribution in [1.29, 1.82) is 0 Å². The van der Waals surface area contributed by atoms with E-state index >= 15 is 0 Å². The van der Waals surface area contributed by atoms with Crippen LogP contribution in [0.25, 0.3) is 0 Å². The predicted molar refractivity (Wildman–Crippen MR) is 43.5 cm³/mol. The Morgan fingerprint density at radius 1 is 1.75 bits per heavy atom. The van der Waals surface area contributed by atoms with Crippen LogP contribution in [0, 0.1) is 0 Å². The summed E-state index contributed by atoms with van der Waals surface area (Å²) in [5.74, 6) is -0.957. The van der Waals surface area contributed by atoms with Crippen molar-refractivity contribution in [2.75, 3.05) is 12.4 Å². The minimum Gasteiger partial charge on any atom is -0.476 e. The van der Waals surface area contributed by atoms with Crippen LogP contribution in [0.2, 0.25) is 5.15 Å². The Kier molecular flexibility index (Phi) is 2.44. The van der Waals surface area contributed by atoms with Gasteiger partial charge in [-0.2, -0.15) is 0 Å². The second-order valence-corrected chi connectivity index (χ2v) is 2.33. The molecule has 0 fully saturated rings. The van der Waals surface area contributed by atoms with E-state index in [0.29, 0.717) is 0 Å². The molecule has 0 spiro atoms. The first-order valence-electron chi connectivity index (χ1n) is 3.08. The van der Waals surface area contributed by atoms with E-state index in [2.05, 4.69) is 15.3 Å². The molecule has 0 aliphatic carbocycles. The highest BCUT2D eigenvalue weighted by Crippen LogP contribution is 2.11. The number of halogens is 1. The number of aromatic carboxylic acids is 1. The van der Waals surface area contributed by atoms with Crippen LogP contribution in [-0.4, -0.2) is 28.1 Å². The van der Waals surface area contributed by atoms with E-state index in [-0.39, 0.29) is 16.7 Å². The summed E-state index contributed by atoms with van der Waals surface area (Å²) in [5, 5.41) is 11.3. The molecular formula is C6H6ClN3O2. The van der Waals surface area contributed by atoms with Crippen molar-refractivity contribution < 1.29 is 9.90 Å². The smallest absolute Gasteiger partial charge is 0.358 e. The summed E-state index contributed by atoms with van der Waals surface area (Å²) >= 11 is 5.45. The molecule has 1 aromatic rings. The standard InChI is InChI=1S/C6H6ClN3O2/c1-8-5-4(6(11)12)10-3(7)2-9-5/h2H,1H3,(H,8,9)(H,11,12). The zero-order valence-corrected chi connectivity index (χ0v) is 6.96. The maximum atomic E-state index is 10.5. The Bertz CT molecular complexity index is 316. The number of nitrogens with one attached hydrogen (secondary N) is 1. The van der Waals surface area contributed by atoms with E-state index in [4.69, 9.17) is 16.7 Å². The van der Waals surface area contributed by atoms with E-state index in [9.17, 15) is 4.79 Å². The van der Waals surface area contributed by atoms with Gasteiger partial charge in [-0.15, -0.1) is 0 Å². The number of aromatic nitrogens is 2. The first-order valence-corrected chi connectivity index (χ1v) is 3.46. The molecule has 0 radical (unpaired) electrons. The summed E-state index contributed by atoms with van der Waals surface area (Å²) in [6, 6.07) is 0. The molecule has 0 aliphatic rings. The number of anilines is 1. The number of carboxylic acids is 1. The molecule has 0 saturated heterocycles. The number of hydrogen-bond acceptors (Lipinski definition) is 4. The summed E-state index contributed by atoms with van der Waals surface area (Å²) < 4.78 is 0. The lowest BCUT2D eigenvalue weighted by Gasteiger charge is -2.01. The van der Waals surface area contributed by atoms with Gasteiger partial charge in [0, 0.05) is 7.05 Å². The molecule has 1 heterocycles. The maximum Gasteiger partial charge on any atom is 0.358 e. The maximum absolute atomic E-state index is 10.5. The van der Waals surface area contributed by atoms with Gasteiger partial charge in [0.1, 0.15) is 5.15 Å². The molecule has 1 rings (SSSR count). The molecule has 12 heavy (non-hydrogen) atoms. The molecule has 0 bridgehead atoms. The van der Waals surface area contributed by atoms with Crippen molar-refractivity contribution in [3.05, 3.63) is 17.0 Å². The van der Waals surface area contributed by atoms with E-state index in [0.717, 1.165) is 0 Å². The molecule has 0 atom stereocenters. The fourth-order valence-electron chi connectivity index (χ4n) is 0.700. The van der Waals surface area contributed by atoms with Crippen LogP contribution in [-0.2, 0) is 0 Å². The summed E-state index contributed by atoms with van der Waals surface area (Å²) in [6.45, 7) is 0. The second-order valence-electron chi connectivity index (χ2n) is 1.95. The van der Waals surface area contributed by atoms with E-state index in [1.54, 1.807) is 7.05 Å². The highest BCUT2D eigenvalue weighted by Gasteiger charge is 2.12. The third-order valence-corrected chi connectivity index (χ3v) is 1.36. The van der Waals surface area contributed by atoms with Gasteiger partial charge in [0.25, 0.3) is 0 Å². The normalized spacial score (nSPS) is 9.50. The molecule has 0 amide bonds. The Morgan fingerprint density at radius 3 is 2.92 bits per heavy atom. The molecule has 5 nitrogen and oxygen atoms in total. The molecule has 0 unspecified atom stereocenters. The van der Waals surface area contributed by atoms with Crippen molar-refractivity contribution in [2.45, 2.75) is 0 Å². The average molecular weight is 188 g/mol. The Hall–Kier alpha value is -1.36. The van der Waals surface area contributed by atoms with E-state index < -0.39 is 5.97 Å². The Balaban J connectivity index is 3.21. The van der Waals surface area contributed by atoms with E-state index in [1.807, 2.05) is 0 Å². The zero-order chi connectivity index (χ0) is 9.14. The fraction of sp³-hybridized carbons (Fsp3) is 0.167. The van der Waals surface area contributed by atoms with Gasteiger partial charge in [0.2, 0.25) is 0 Å². The van der Waals surface area contributed by atoms with Gasteiger partial charge in [-0.05, 0) is 0 Å². The van der Waals surface area contributed by atoms with Crippen molar-refractivity contribution in [2.24, 2.45) is 0 Å². The molecule has 2 N–H and O–H groups in total. The predicted octanol–water partition coefficient (Wildman–Crippen LogP) is 0.870. The number of carboxylic acid groups (broad SMARTS) is 1. The first kappa shape index (κ1) is 8.73. The lowest BCUT2D eigenvalue weighted by molar-refractivity contribution is 0.0691. The van der Waals surface area contributed by atoms with Crippen LogP contribution in [0.3, 0.4) is 0 Å². The summed E-state index contributed by atoms with van der Waals surface area (Å²) in [4.78, 5) is 17.8. The SMILES string of the molecule is CNc1ncc(Cl)nc1C(=O)O. The van der Waals surface area contributed by atoms with Crippen molar-refractivity contribution in [3.63, 3.8) is 0 Å². The van der Waals surface area contributed by atoms with Crippen LogP contribution < -0.4 is 5.32 Å². The van der Waals surface area contributed by atoms with Crippen LogP contribution >= 0.6 is 11.6 Å². The fourth-order valence-corrected chi connectivity index (χ4v) is 0.833. The molecule has 64 valence electrons. The average Bonchev–Trinajstić information content (AvgIpc) is 2.04. The second kappa shape index (κ2) is 3.36. The lowest BCUT2D eigenvalue weighted by atomic mass is 10.4. The van der Waals surface area contributed by atoms with Gasteiger partial charge in [-0.25, -0.2) is 14.8 Å². The molecular weight excluding hydrogens is 182 g/mol. The highest BCUT2D eigenvalue weighted by atomic mass is 35.5. The van der Waals surface area contributed by atoms with Gasteiger partial charge < -0.3 is 10.4 Å². The minimum absolute atomic E-state index is 0.0615. The Morgan fingerprint density at radius 2 is 2.42 bits per heavy atom. The number of nitrogens with zero attached hydrogens (tertiary/aromatic N) is 2. The number of rotatable bonds is 2. The molecule has 0 aromatic carbocycles. The number of hydrogen-bond donors (Lipinski definition) is 2. The summed E-state index contributed by atoms with van der Waals surface area (Å²) in [6.07, 6.45) is 1.28. The minimum atomic E-state index is -1.16. The van der Waals surface area contributed by atoms with Crippen molar-refractivity contribution in [1.82, 2.24) is 9.97 Å². The number of carbonyl (C=O) groups is 1. The first-order chi connectivity index (χ1) is 5.65. The van der Waals surface area contributed by atoms with Crippen LogP contribution in [0.15, 0.2) is 6.20 Å². The van der Waals surface area contributed by atoms with Gasteiger partial charge in [0.05, 0.1) is 6.20 Å². The van der Waals surface area contributed by atoms with Gasteiger partial charge >= 0.3 is 5.97 Å². The highest BCUT2D eigenvalue weighted by molar-refractivity contribution is 6.29. The van der Waals surface area contributed by atoms with Crippen LogP contribution in [0.4, 0.5) is 5.82 Å². The zero-order valence-electron chi connectivity index (χ0n) is 6.21. The van der Waals surface area contributed by atoms with Crippen LogP contribution in [0.1, 0.15) is 10.5 Å². The largest absolute Gasteiger partial charge is 0.476 e. The van der Waals surface area contributed by atoms with Gasteiger partial charge in [-0.3, -0.25) is 0 Å². The molecule has 0 saturated carbocycles. The Labute approximate surface area is 73.4 Å². The summed E-state index contributed by atoms with van der Waals surface area (Å²) in [7, 11) is 1.56. The van der Waals surface area contributed by atoms with Crippen molar-refractivity contribution in [3.8, 4) is 0 Å². The van der Waals surface area contributed by atoms with Crippen LogP contribution in [0.5, 0.6) is 0 Å². The topological polar surface area (TPSA) is 75.1 Å². The third-order valence-electron chi connectivity index (χ3n) is 1.18. The molecule has 1 aromatic heterocycles. The monoisotopic (exact) mass is 187 g/mol. The molecule has 6 heteroatoms. The molecule has 0 aliphatic heterocycles. The van der Waals surface area contributed by atoms with E-state index in [1.165, 1.54) is 6.20 Å². The quantitative estimate of drug-likeness (QED) is 0.719. The lowest BCUT2D eigenvalue weighted by Crippen LogP contribution is -2.07. The third kappa shape index (κ3) is 1.62. The summed E-state index contributed by atoms with van der Waals surface area (Å²) in [5.41, 5.74) is -0.176. The van der Waals surface area contributed by atoms with Crippen molar-refractivity contribution >= 4 is 23.4 Å². The van der Waals surface area contributed by atoms with Gasteiger partial charge in [0.15, 0.2) is 11.5 Å².